The molecule has 1 aromatic rings. The molecule has 2 heterocycles. The zero-order chi connectivity index (χ0) is 15.0. The molecule has 2 saturated heterocycles. The van der Waals surface area contributed by atoms with Gasteiger partial charge in [-0.15, -0.1) is 0 Å². The van der Waals surface area contributed by atoms with Crippen LogP contribution in [0.5, 0.6) is 0 Å². The Bertz CT molecular complexity index is 515. The van der Waals surface area contributed by atoms with Crippen molar-refractivity contribution in [3.63, 3.8) is 0 Å². The lowest BCUT2D eigenvalue weighted by Gasteiger charge is -2.52. The van der Waals surface area contributed by atoms with Crippen molar-refractivity contribution in [1.29, 1.82) is 0 Å². The number of hydrogen-bond donors (Lipinski definition) is 1. The number of carbonyl (C=O) groups is 1. The smallest absolute Gasteiger partial charge is 0.131 e. The van der Waals surface area contributed by atoms with Gasteiger partial charge in [0.05, 0.1) is 6.04 Å². The summed E-state index contributed by atoms with van der Waals surface area (Å²) in [5, 5.41) is 11.6. The van der Waals surface area contributed by atoms with E-state index in [1.165, 1.54) is 12.8 Å². The van der Waals surface area contributed by atoms with Crippen LogP contribution in [0.2, 0.25) is 0 Å². The SMILES string of the molecule is CC(=O)CC1N2CCCC2CC(C)C1(O)c1ccccc1. The number of fused-ring (bicyclic) bond motifs is 1. The first kappa shape index (κ1) is 14.7. The second-order valence-electron chi connectivity index (χ2n) is 6.78. The van der Waals surface area contributed by atoms with Gasteiger partial charge in [0.1, 0.15) is 11.4 Å². The molecule has 114 valence electrons. The van der Waals surface area contributed by atoms with Gasteiger partial charge in [0, 0.05) is 12.5 Å². The van der Waals surface area contributed by atoms with Crippen molar-refractivity contribution in [2.75, 3.05) is 6.54 Å². The number of benzene rings is 1. The monoisotopic (exact) mass is 287 g/mol. The molecule has 3 heteroatoms. The number of aliphatic hydroxyl groups is 1. The topological polar surface area (TPSA) is 40.5 Å². The molecule has 2 fully saturated rings. The molecule has 2 aliphatic rings. The number of nitrogens with zero attached hydrogens (tertiary/aromatic N) is 1. The Morgan fingerprint density at radius 3 is 2.76 bits per heavy atom. The molecule has 1 aromatic carbocycles. The second kappa shape index (κ2) is 5.54. The fraction of sp³-hybridized carbons (Fsp3) is 0.611. The molecule has 0 saturated carbocycles. The van der Waals surface area contributed by atoms with Crippen molar-refractivity contribution in [3.8, 4) is 0 Å². The van der Waals surface area contributed by atoms with Crippen molar-refractivity contribution in [1.82, 2.24) is 4.90 Å². The predicted octanol–water partition coefficient (Wildman–Crippen LogP) is 2.73. The summed E-state index contributed by atoms with van der Waals surface area (Å²) in [7, 11) is 0. The molecule has 21 heavy (non-hydrogen) atoms. The Morgan fingerprint density at radius 1 is 1.38 bits per heavy atom. The third-order valence-corrected chi connectivity index (χ3v) is 5.42. The van der Waals surface area contributed by atoms with Crippen LogP contribution in [-0.2, 0) is 10.4 Å². The van der Waals surface area contributed by atoms with Crippen LogP contribution in [0.4, 0.5) is 0 Å². The minimum atomic E-state index is -0.923. The molecule has 0 bridgehead atoms. The molecule has 0 spiro atoms. The number of carbonyl (C=O) groups excluding carboxylic acids is 1. The van der Waals surface area contributed by atoms with Crippen LogP contribution in [-0.4, -0.2) is 34.4 Å². The summed E-state index contributed by atoms with van der Waals surface area (Å²) in [4.78, 5) is 14.2. The van der Waals surface area contributed by atoms with E-state index in [9.17, 15) is 9.90 Å². The van der Waals surface area contributed by atoms with Gasteiger partial charge in [-0.05, 0) is 44.2 Å². The van der Waals surface area contributed by atoms with Gasteiger partial charge in [-0.1, -0.05) is 37.3 Å². The summed E-state index contributed by atoms with van der Waals surface area (Å²) in [6.07, 6.45) is 3.83. The molecule has 2 aliphatic heterocycles. The van der Waals surface area contributed by atoms with Crippen molar-refractivity contribution < 1.29 is 9.90 Å². The molecule has 4 unspecified atom stereocenters. The van der Waals surface area contributed by atoms with E-state index < -0.39 is 5.60 Å². The molecule has 3 nitrogen and oxygen atoms in total. The number of ketones is 1. The lowest BCUT2D eigenvalue weighted by molar-refractivity contribution is -0.145. The Labute approximate surface area is 127 Å². The van der Waals surface area contributed by atoms with Crippen molar-refractivity contribution in [2.45, 2.75) is 57.2 Å². The molecule has 3 rings (SSSR count). The van der Waals surface area contributed by atoms with E-state index in [1.807, 2.05) is 30.3 Å². The Balaban J connectivity index is 2.03. The number of rotatable bonds is 3. The summed E-state index contributed by atoms with van der Waals surface area (Å²) in [5.41, 5.74) is 0.0300. The summed E-state index contributed by atoms with van der Waals surface area (Å²) < 4.78 is 0. The van der Waals surface area contributed by atoms with Crippen LogP contribution >= 0.6 is 0 Å². The van der Waals surface area contributed by atoms with Crippen LogP contribution in [0.25, 0.3) is 0 Å². The molecule has 4 atom stereocenters. The zero-order valence-electron chi connectivity index (χ0n) is 13.0. The first-order valence-corrected chi connectivity index (χ1v) is 8.06. The van der Waals surface area contributed by atoms with Gasteiger partial charge in [-0.25, -0.2) is 0 Å². The molecular weight excluding hydrogens is 262 g/mol. The average molecular weight is 287 g/mol. The van der Waals surface area contributed by atoms with Gasteiger partial charge in [0.25, 0.3) is 0 Å². The minimum Gasteiger partial charge on any atom is -0.383 e. The van der Waals surface area contributed by atoms with Gasteiger partial charge in [-0.2, -0.15) is 0 Å². The maximum absolute atomic E-state index is 11.8. The van der Waals surface area contributed by atoms with Gasteiger partial charge < -0.3 is 5.11 Å². The first-order chi connectivity index (χ1) is 10.0. The first-order valence-electron chi connectivity index (χ1n) is 8.06. The lowest BCUT2D eigenvalue weighted by atomic mass is 9.69. The third kappa shape index (κ3) is 2.43. The van der Waals surface area contributed by atoms with E-state index in [1.54, 1.807) is 6.92 Å². The Morgan fingerprint density at radius 2 is 2.10 bits per heavy atom. The highest BCUT2D eigenvalue weighted by molar-refractivity contribution is 5.76. The Kier molecular flexibility index (Phi) is 3.89. The largest absolute Gasteiger partial charge is 0.383 e. The molecule has 0 aromatic heterocycles. The van der Waals surface area contributed by atoms with Crippen LogP contribution in [0.1, 0.15) is 45.1 Å². The highest BCUT2D eigenvalue weighted by atomic mass is 16.3. The molecule has 0 aliphatic carbocycles. The Hall–Kier alpha value is -1.19. The minimum absolute atomic E-state index is 0.0892. The van der Waals surface area contributed by atoms with Crippen LogP contribution in [0.3, 0.4) is 0 Å². The number of Topliss-reactive ketones (excluding diaryl/α,β-unsaturated/α-hetero) is 1. The zero-order valence-corrected chi connectivity index (χ0v) is 13.0. The third-order valence-electron chi connectivity index (χ3n) is 5.42. The molecular formula is C18H25NO2. The number of piperidine rings is 1. The average Bonchev–Trinajstić information content (AvgIpc) is 2.92. The van der Waals surface area contributed by atoms with Gasteiger partial charge in [0.15, 0.2) is 0 Å². The van der Waals surface area contributed by atoms with Crippen molar-refractivity contribution in [3.05, 3.63) is 35.9 Å². The second-order valence-corrected chi connectivity index (χ2v) is 6.78. The maximum Gasteiger partial charge on any atom is 0.131 e. The summed E-state index contributed by atoms with van der Waals surface area (Å²) >= 11 is 0. The van der Waals surface area contributed by atoms with Crippen molar-refractivity contribution >= 4 is 5.78 Å². The van der Waals surface area contributed by atoms with Gasteiger partial charge in [0.2, 0.25) is 0 Å². The highest BCUT2D eigenvalue weighted by Crippen LogP contribution is 2.47. The van der Waals surface area contributed by atoms with E-state index in [0.717, 1.165) is 18.5 Å². The summed E-state index contributed by atoms with van der Waals surface area (Å²) in [6, 6.07) is 10.4. The molecule has 0 amide bonds. The quantitative estimate of drug-likeness (QED) is 0.929. The van der Waals surface area contributed by atoms with Crippen LogP contribution in [0.15, 0.2) is 30.3 Å². The normalized spacial score (nSPS) is 36.4. The molecule has 0 radical (unpaired) electrons. The van der Waals surface area contributed by atoms with Gasteiger partial charge in [-0.3, -0.25) is 9.69 Å². The summed E-state index contributed by atoms with van der Waals surface area (Å²) in [6.45, 7) is 4.77. The van der Waals surface area contributed by atoms with Gasteiger partial charge >= 0.3 is 0 Å². The van der Waals surface area contributed by atoms with E-state index in [-0.39, 0.29) is 17.7 Å². The number of hydrogen-bond acceptors (Lipinski definition) is 3. The highest BCUT2D eigenvalue weighted by Gasteiger charge is 2.53. The van der Waals surface area contributed by atoms with E-state index >= 15 is 0 Å². The van der Waals surface area contributed by atoms with E-state index in [4.69, 9.17) is 0 Å². The maximum atomic E-state index is 11.8. The lowest BCUT2D eigenvalue weighted by Crippen LogP contribution is -2.61. The van der Waals surface area contributed by atoms with Crippen LogP contribution < -0.4 is 0 Å². The van der Waals surface area contributed by atoms with E-state index in [0.29, 0.717) is 12.5 Å². The standard InChI is InChI=1S/C18H25NO2/c1-13-11-16-9-6-10-19(16)17(12-14(2)20)18(13,21)15-7-4-3-5-8-15/h3-5,7-8,13,16-17,21H,6,9-12H2,1-2H3. The predicted molar refractivity (Wildman–Crippen MR) is 82.9 cm³/mol. The van der Waals surface area contributed by atoms with Crippen molar-refractivity contribution in [2.24, 2.45) is 5.92 Å². The fourth-order valence-corrected chi connectivity index (χ4v) is 4.42. The van der Waals surface area contributed by atoms with Crippen LogP contribution in [0, 0.1) is 5.92 Å². The fourth-order valence-electron chi connectivity index (χ4n) is 4.42. The molecule has 1 N–H and O–H groups in total. The van der Waals surface area contributed by atoms with E-state index in [2.05, 4.69) is 11.8 Å². The summed E-state index contributed by atoms with van der Waals surface area (Å²) in [5.74, 6) is 0.331.